The third kappa shape index (κ3) is 11.1. The molecule has 10 rings (SSSR count). The second-order valence-corrected chi connectivity index (χ2v) is 21.7. The number of ether oxygens (including phenoxy) is 4. The zero-order valence-electron chi connectivity index (χ0n) is 44.6. The summed E-state index contributed by atoms with van der Waals surface area (Å²) in [5.41, 5.74) is 5.01. The molecule has 7 aromatic rings. The number of aromatic nitrogens is 3. The van der Waals surface area contributed by atoms with E-state index in [1.807, 2.05) is 88.0 Å². The maximum atomic E-state index is 14.9. The lowest BCUT2D eigenvalue weighted by Gasteiger charge is -2.35. The van der Waals surface area contributed by atoms with Crippen LogP contribution >= 0.6 is 15.9 Å². The topological polar surface area (TPSA) is 201 Å². The summed E-state index contributed by atoms with van der Waals surface area (Å²) in [6.07, 6.45) is 1.85. The molecule has 0 radical (unpaired) electrons. The summed E-state index contributed by atoms with van der Waals surface area (Å²) in [4.78, 5) is 96.8. The highest BCUT2D eigenvalue weighted by Gasteiger charge is 2.46. The van der Waals surface area contributed by atoms with E-state index < -0.39 is 47.8 Å². The molecule has 408 valence electrons. The highest BCUT2D eigenvalue weighted by Crippen LogP contribution is 2.40. The summed E-state index contributed by atoms with van der Waals surface area (Å²) in [5, 5.41) is 10.1. The molecule has 2 aromatic heterocycles. The molecule has 3 aliphatic heterocycles. The number of carbonyl (C=O) groups is 7. The van der Waals surface area contributed by atoms with Crippen LogP contribution in [-0.4, -0.2) is 128 Å². The van der Waals surface area contributed by atoms with Gasteiger partial charge in [-0.1, -0.05) is 76.6 Å². The van der Waals surface area contributed by atoms with Gasteiger partial charge in [-0.2, -0.15) is 5.10 Å². The van der Waals surface area contributed by atoms with Crippen LogP contribution in [0.3, 0.4) is 0 Å². The molecule has 5 amide bonds. The number of imide groups is 2. The van der Waals surface area contributed by atoms with Gasteiger partial charge in [0.2, 0.25) is 11.8 Å². The molecule has 0 saturated carbocycles. The molecule has 1 unspecified atom stereocenters. The lowest BCUT2D eigenvalue weighted by Crippen LogP contribution is -2.54. The molecule has 0 spiro atoms. The van der Waals surface area contributed by atoms with Gasteiger partial charge in [0, 0.05) is 90.4 Å². The van der Waals surface area contributed by atoms with Crippen LogP contribution in [-0.2, 0) is 45.7 Å². The monoisotopic (exact) mass is 1130 g/mol. The number of hydrogen-bond acceptors (Lipinski definition) is 13. The maximum Gasteiger partial charge on any atom is 0.355 e. The van der Waals surface area contributed by atoms with Crippen molar-refractivity contribution < 1.29 is 52.5 Å². The summed E-state index contributed by atoms with van der Waals surface area (Å²) < 4.78 is 29.5. The number of fused-ring (bicyclic) bond motifs is 3. The number of benzene rings is 5. The Labute approximate surface area is 464 Å². The standard InChI is InChI=1S/C60H60BrN7O11/c1-36-52(46(63-64(36)5)34-77-39-21-22-45(61)38(32-39)33-69)43-16-9-15-41-42(18-11-31-76-48-19-8-13-37-12-6-7-14-40(37)48)55(59(75)79-60(2,3)4)67(54(41)43)30-27-65-25-28-66(29-26-65)51(71)35-78-49-20-10-17-44-53(49)58(74)68(57(44)73)47-23-24-50(70)62-56(47)72/h6-10,12-17,19-22,32-33,47H,11,18,23-31,34-35H2,1-5H3,(H,62,70,72). The first kappa shape index (κ1) is 54.2. The first-order valence-corrected chi connectivity index (χ1v) is 27.1. The highest BCUT2D eigenvalue weighted by molar-refractivity contribution is 9.10. The fourth-order valence-corrected chi connectivity index (χ4v) is 11.1. The molecule has 18 nitrogen and oxygen atoms in total. The second-order valence-electron chi connectivity index (χ2n) is 20.9. The van der Waals surface area contributed by atoms with Crippen molar-refractivity contribution in [2.24, 2.45) is 7.05 Å². The van der Waals surface area contributed by atoms with Gasteiger partial charge >= 0.3 is 5.97 Å². The molecule has 2 fully saturated rings. The van der Waals surface area contributed by atoms with E-state index in [1.165, 1.54) is 12.1 Å². The fraction of sp³-hybridized carbons (Fsp3) is 0.333. The molecule has 1 N–H and O–H groups in total. The number of nitrogens with zero attached hydrogens (tertiary/aromatic N) is 6. The minimum Gasteiger partial charge on any atom is -0.493 e. The van der Waals surface area contributed by atoms with Crippen molar-refractivity contribution in [3.05, 3.63) is 141 Å². The number of esters is 1. The Balaban J connectivity index is 0.910. The minimum atomic E-state index is -1.14. The van der Waals surface area contributed by atoms with Gasteiger partial charge in [0.05, 0.1) is 23.3 Å². The van der Waals surface area contributed by atoms with E-state index in [0.717, 1.165) is 61.0 Å². The average molecular weight is 1140 g/mol. The van der Waals surface area contributed by atoms with Gasteiger partial charge in [-0.05, 0) is 94.3 Å². The zero-order chi connectivity index (χ0) is 55.7. The molecular formula is C60H60BrN7O11. The SMILES string of the molecule is Cc1c(-c2cccc3c(CCCOc4cccc5ccccc45)c(C(=O)OC(C)(C)C)n(CCN4CCN(C(=O)COc5cccc6c5C(=O)N(C5CCC(=O)NC5=O)C6=O)CC4)c23)c(COc2ccc(Br)c(C=O)c2)nn1C. The molecule has 3 aliphatic rings. The molecule has 0 aliphatic carbocycles. The fourth-order valence-electron chi connectivity index (χ4n) is 10.7. The first-order valence-electron chi connectivity index (χ1n) is 26.4. The summed E-state index contributed by atoms with van der Waals surface area (Å²) in [6, 6.07) is 28.8. The molecular weight excluding hydrogens is 1070 g/mol. The number of hydrogen-bond donors (Lipinski definition) is 1. The minimum absolute atomic E-state index is 0.0115. The second kappa shape index (κ2) is 22.7. The Bertz CT molecular complexity index is 3580. The Morgan fingerprint density at radius 1 is 0.810 bits per heavy atom. The number of piperazine rings is 1. The van der Waals surface area contributed by atoms with Gasteiger partial charge in [0.15, 0.2) is 12.9 Å². The third-order valence-electron chi connectivity index (χ3n) is 14.6. The van der Waals surface area contributed by atoms with E-state index in [9.17, 15) is 33.6 Å². The Morgan fingerprint density at radius 2 is 1.53 bits per heavy atom. The predicted molar refractivity (Wildman–Crippen MR) is 297 cm³/mol. The number of aldehydes is 1. The summed E-state index contributed by atoms with van der Waals surface area (Å²) in [6.45, 7) is 10.3. The van der Waals surface area contributed by atoms with Crippen LogP contribution in [0.2, 0.25) is 0 Å². The molecule has 79 heavy (non-hydrogen) atoms. The molecule has 2 saturated heterocycles. The van der Waals surface area contributed by atoms with Crippen LogP contribution < -0.4 is 19.5 Å². The van der Waals surface area contributed by atoms with Gasteiger partial charge < -0.3 is 28.4 Å². The number of piperidine rings is 1. The smallest absolute Gasteiger partial charge is 0.355 e. The van der Waals surface area contributed by atoms with Crippen molar-refractivity contribution in [1.82, 2.24) is 34.4 Å². The lowest BCUT2D eigenvalue weighted by atomic mass is 9.98. The predicted octanol–water partition coefficient (Wildman–Crippen LogP) is 8.25. The lowest BCUT2D eigenvalue weighted by molar-refractivity contribution is -0.136. The third-order valence-corrected chi connectivity index (χ3v) is 15.4. The Hall–Kier alpha value is -8.16. The number of nitrogens with one attached hydrogen (secondary N) is 1. The van der Waals surface area contributed by atoms with Crippen LogP contribution in [0.25, 0.3) is 32.8 Å². The van der Waals surface area contributed by atoms with Gasteiger partial charge in [-0.15, -0.1) is 0 Å². The van der Waals surface area contributed by atoms with Crippen molar-refractivity contribution in [1.29, 1.82) is 0 Å². The maximum absolute atomic E-state index is 14.9. The number of para-hydroxylation sites is 1. The summed E-state index contributed by atoms with van der Waals surface area (Å²) >= 11 is 3.43. The Morgan fingerprint density at radius 3 is 2.30 bits per heavy atom. The first-order chi connectivity index (χ1) is 38.0. The number of rotatable bonds is 18. The number of aryl methyl sites for hydroxylation is 2. The summed E-state index contributed by atoms with van der Waals surface area (Å²) in [7, 11) is 1.88. The van der Waals surface area contributed by atoms with Crippen molar-refractivity contribution in [3.63, 3.8) is 0 Å². The number of carbonyl (C=O) groups excluding carboxylic acids is 7. The molecule has 5 aromatic carbocycles. The van der Waals surface area contributed by atoms with E-state index in [4.69, 9.17) is 24.0 Å². The van der Waals surface area contributed by atoms with Gasteiger partial charge in [0.1, 0.15) is 46.9 Å². The van der Waals surface area contributed by atoms with E-state index >= 15 is 0 Å². The normalized spacial score (nSPS) is 15.9. The zero-order valence-corrected chi connectivity index (χ0v) is 46.2. The van der Waals surface area contributed by atoms with Crippen molar-refractivity contribution in [2.45, 2.75) is 78.2 Å². The van der Waals surface area contributed by atoms with E-state index in [1.54, 1.807) is 29.2 Å². The summed E-state index contributed by atoms with van der Waals surface area (Å²) in [5.74, 6) is -2.02. The molecule has 19 heteroatoms. The quantitative estimate of drug-likeness (QED) is 0.0373. The van der Waals surface area contributed by atoms with Crippen LogP contribution in [0, 0.1) is 6.92 Å². The van der Waals surface area contributed by atoms with E-state index in [0.29, 0.717) is 85.9 Å². The van der Waals surface area contributed by atoms with Crippen LogP contribution in [0.4, 0.5) is 0 Å². The Kier molecular flexibility index (Phi) is 15.6. The highest BCUT2D eigenvalue weighted by atomic mass is 79.9. The van der Waals surface area contributed by atoms with Crippen molar-refractivity contribution in [3.8, 4) is 28.4 Å². The van der Waals surface area contributed by atoms with Crippen molar-refractivity contribution >= 4 is 79.4 Å². The van der Waals surface area contributed by atoms with Crippen LogP contribution in [0.15, 0.2) is 102 Å². The van der Waals surface area contributed by atoms with Gasteiger partial charge in [0.25, 0.3) is 17.7 Å². The van der Waals surface area contributed by atoms with Gasteiger partial charge in [-0.3, -0.25) is 48.6 Å². The van der Waals surface area contributed by atoms with E-state index in [-0.39, 0.29) is 42.2 Å². The molecule has 1 atom stereocenters. The van der Waals surface area contributed by atoms with Crippen LogP contribution in [0.5, 0.6) is 17.2 Å². The number of amides is 5. The molecule has 0 bridgehead atoms. The molecule has 5 heterocycles. The van der Waals surface area contributed by atoms with Crippen molar-refractivity contribution in [2.75, 3.05) is 45.9 Å². The largest absolute Gasteiger partial charge is 0.493 e. The number of halogens is 1. The van der Waals surface area contributed by atoms with Gasteiger partial charge in [-0.25, -0.2) is 4.79 Å². The average Bonchev–Trinajstić information content (AvgIpc) is 4.26. The van der Waals surface area contributed by atoms with E-state index in [2.05, 4.69) is 42.8 Å². The van der Waals surface area contributed by atoms with Crippen LogP contribution in [0.1, 0.15) is 98.5 Å².